The number of carbonyl (C=O) groups excluding carboxylic acids is 1. The molecular weight excluding hydrogens is 214 g/mol. The third-order valence-electron chi connectivity index (χ3n) is 2.78. The summed E-state index contributed by atoms with van der Waals surface area (Å²) in [6.07, 6.45) is 3.08. The van der Waals surface area contributed by atoms with E-state index >= 15 is 0 Å². The molecule has 4 heteroatoms. The molecule has 2 atom stereocenters. The number of hydrogen-bond donors (Lipinski definition) is 2. The molecule has 3 N–H and O–H groups in total. The summed E-state index contributed by atoms with van der Waals surface area (Å²) in [6, 6.07) is 5.65. The maximum Gasteiger partial charge on any atom is 0.220 e. The van der Waals surface area contributed by atoms with Gasteiger partial charge in [0.25, 0.3) is 0 Å². The van der Waals surface area contributed by atoms with Gasteiger partial charge in [-0.25, -0.2) is 0 Å². The van der Waals surface area contributed by atoms with Crippen molar-refractivity contribution in [2.75, 3.05) is 6.54 Å². The lowest BCUT2D eigenvalue weighted by atomic mass is 10.1. The molecule has 0 aliphatic rings. The van der Waals surface area contributed by atoms with Crippen LogP contribution in [-0.2, 0) is 4.79 Å². The molecule has 0 fully saturated rings. The molecule has 1 aromatic heterocycles. The van der Waals surface area contributed by atoms with Crippen molar-refractivity contribution in [1.29, 1.82) is 0 Å². The van der Waals surface area contributed by atoms with Crippen molar-refractivity contribution in [1.82, 2.24) is 10.3 Å². The maximum atomic E-state index is 11.7. The van der Waals surface area contributed by atoms with Crippen LogP contribution in [0.2, 0.25) is 0 Å². The van der Waals surface area contributed by atoms with E-state index in [9.17, 15) is 4.79 Å². The Kier molecular flexibility index (Phi) is 5.63. The van der Waals surface area contributed by atoms with Crippen LogP contribution < -0.4 is 11.1 Å². The summed E-state index contributed by atoms with van der Waals surface area (Å²) in [6.45, 7) is 4.62. The van der Waals surface area contributed by atoms with E-state index in [4.69, 9.17) is 5.73 Å². The number of rotatable bonds is 6. The highest BCUT2D eigenvalue weighted by atomic mass is 16.1. The van der Waals surface area contributed by atoms with Crippen LogP contribution in [0, 0.1) is 5.92 Å². The summed E-state index contributed by atoms with van der Waals surface area (Å²) in [7, 11) is 0. The number of aromatic nitrogens is 1. The minimum absolute atomic E-state index is 0.0446. The minimum atomic E-state index is -0.0446. The molecule has 1 rings (SSSR count). The van der Waals surface area contributed by atoms with Crippen molar-refractivity contribution in [3.63, 3.8) is 0 Å². The molecule has 4 nitrogen and oxygen atoms in total. The fourth-order valence-electron chi connectivity index (χ4n) is 1.52. The first-order valence-electron chi connectivity index (χ1n) is 6.03. The van der Waals surface area contributed by atoms with Crippen LogP contribution >= 0.6 is 0 Å². The molecule has 0 aliphatic carbocycles. The summed E-state index contributed by atoms with van der Waals surface area (Å²) in [5, 5.41) is 2.93. The highest BCUT2D eigenvalue weighted by molar-refractivity contribution is 5.76. The van der Waals surface area contributed by atoms with E-state index in [2.05, 4.69) is 17.2 Å². The van der Waals surface area contributed by atoms with Gasteiger partial charge in [-0.3, -0.25) is 9.78 Å². The molecule has 1 aromatic rings. The predicted molar refractivity (Wildman–Crippen MR) is 68.2 cm³/mol. The monoisotopic (exact) mass is 235 g/mol. The first kappa shape index (κ1) is 13.6. The third-order valence-corrected chi connectivity index (χ3v) is 2.78. The van der Waals surface area contributed by atoms with Crippen LogP contribution in [0.5, 0.6) is 0 Å². The van der Waals surface area contributed by atoms with Crippen molar-refractivity contribution < 1.29 is 4.79 Å². The van der Waals surface area contributed by atoms with Crippen LogP contribution in [0.3, 0.4) is 0 Å². The topological polar surface area (TPSA) is 68.0 Å². The number of nitrogens with two attached hydrogens (primary N) is 1. The molecule has 0 saturated heterocycles. The van der Waals surface area contributed by atoms with E-state index < -0.39 is 0 Å². The number of nitrogens with one attached hydrogen (secondary N) is 1. The molecule has 94 valence electrons. The zero-order chi connectivity index (χ0) is 12.7. The number of hydrogen-bond acceptors (Lipinski definition) is 3. The summed E-state index contributed by atoms with van der Waals surface area (Å²) >= 11 is 0. The van der Waals surface area contributed by atoms with Gasteiger partial charge in [-0.05, 0) is 37.9 Å². The largest absolute Gasteiger partial charge is 0.348 e. The van der Waals surface area contributed by atoms with Gasteiger partial charge in [-0.15, -0.1) is 0 Å². The SMILES string of the molecule is CC(CN)CCC(=O)NC(C)c1ccccn1. The molecule has 0 radical (unpaired) electrons. The summed E-state index contributed by atoms with van der Waals surface area (Å²) in [5.41, 5.74) is 6.39. The Morgan fingerprint density at radius 3 is 2.82 bits per heavy atom. The first-order valence-corrected chi connectivity index (χ1v) is 6.03. The second kappa shape index (κ2) is 7.01. The molecule has 0 bridgehead atoms. The standard InChI is InChI=1S/C13H21N3O/c1-10(9-14)6-7-13(17)16-11(2)12-5-3-4-8-15-12/h3-5,8,10-11H,6-7,9,14H2,1-2H3,(H,16,17). The van der Waals surface area contributed by atoms with Crippen molar-refractivity contribution in [3.05, 3.63) is 30.1 Å². The Labute approximate surface area is 103 Å². The predicted octanol–water partition coefficient (Wildman–Crippen LogP) is 1.63. The zero-order valence-corrected chi connectivity index (χ0v) is 10.5. The average molecular weight is 235 g/mol. The summed E-state index contributed by atoms with van der Waals surface area (Å²) in [5.74, 6) is 0.453. The van der Waals surface area contributed by atoms with E-state index in [-0.39, 0.29) is 11.9 Å². The van der Waals surface area contributed by atoms with Gasteiger partial charge in [0.05, 0.1) is 11.7 Å². The van der Waals surface area contributed by atoms with Gasteiger partial charge in [0.1, 0.15) is 0 Å². The first-order chi connectivity index (χ1) is 8.13. The van der Waals surface area contributed by atoms with Gasteiger partial charge in [0.15, 0.2) is 0 Å². The maximum absolute atomic E-state index is 11.7. The molecule has 0 spiro atoms. The quantitative estimate of drug-likeness (QED) is 0.787. The van der Waals surface area contributed by atoms with Gasteiger partial charge in [-0.1, -0.05) is 13.0 Å². The number of nitrogens with zero attached hydrogens (tertiary/aromatic N) is 1. The van der Waals surface area contributed by atoms with Gasteiger partial charge < -0.3 is 11.1 Å². The molecule has 1 amide bonds. The highest BCUT2D eigenvalue weighted by Crippen LogP contribution is 2.09. The number of carbonyl (C=O) groups is 1. The van der Waals surface area contributed by atoms with E-state index in [0.29, 0.717) is 18.9 Å². The number of amides is 1. The smallest absolute Gasteiger partial charge is 0.220 e. The molecule has 17 heavy (non-hydrogen) atoms. The Bertz CT molecular complexity index is 340. The molecular formula is C13H21N3O. The Morgan fingerprint density at radius 2 is 2.24 bits per heavy atom. The summed E-state index contributed by atoms with van der Waals surface area (Å²) in [4.78, 5) is 15.9. The van der Waals surface area contributed by atoms with E-state index in [1.54, 1.807) is 6.20 Å². The molecule has 2 unspecified atom stereocenters. The van der Waals surface area contributed by atoms with Crippen LogP contribution in [0.1, 0.15) is 38.4 Å². The Balaban J connectivity index is 2.36. The molecule has 0 aliphatic heterocycles. The summed E-state index contributed by atoms with van der Waals surface area (Å²) < 4.78 is 0. The van der Waals surface area contributed by atoms with Crippen LogP contribution in [0.15, 0.2) is 24.4 Å². The minimum Gasteiger partial charge on any atom is -0.348 e. The molecule has 0 saturated carbocycles. The lowest BCUT2D eigenvalue weighted by molar-refractivity contribution is -0.122. The van der Waals surface area contributed by atoms with E-state index in [1.807, 2.05) is 25.1 Å². The van der Waals surface area contributed by atoms with Crippen LogP contribution in [0.4, 0.5) is 0 Å². The second-order valence-electron chi connectivity index (χ2n) is 4.42. The lowest BCUT2D eigenvalue weighted by Crippen LogP contribution is -2.27. The fraction of sp³-hybridized carbons (Fsp3) is 0.538. The average Bonchev–Trinajstić information content (AvgIpc) is 2.36. The van der Waals surface area contributed by atoms with Crippen molar-refractivity contribution in [2.24, 2.45) is 11.7 Å². The van der Waals surface area contributed by atoms with Crippen LogP contribution in [-0.4, -0.2) is 17.4 Å². The van der Waals surface area contributed by atoms with Gasteiger partial charge in [0.2, 0.25) is 5.91 Å². The third kappa shape index (κ3) is 4.95. The lowest BCUT2D eigenvalue weighted by Gasteiger charge is -2.14. The molecule has 0 aromatic carbocycles. The van der Waals surface area contributed by atoms with E-state index in [0.717, 1.165) is 12.1 Å². The van der Waals surface area contributed by atoms with Gasteiger partial charge in [-0.2, -0.15) is 0 Å². The fourth-order valence-corrected chi connectivity index (χ4v) is 1.52. The van der Waals surface area contributed by atoms with Gasteiger partial charge in [0, 0.05) is 12.6 Å². The second-order valence-corrected chi connectivity index (χ2v) is 4.42. The van der Waals surface area contributed by atoms with Crippen molar-refractivity contribution in [3.8, 4) is 0 Å². The van der Waals surface area contributed by atoms with Gasteiger partial charge >= 0.3 is 0 Å². The Morgan fingerprint density at radius 1 is 1.47 bits per heavy atom. The highest BCUT2D eigenvalue weighted by Gasteiger charge is 2.11. The van der Waals surface area contributed by atoms with E-state index in [1.165, 1.54) is 0 Å². The normalized spacial score (nSPS) is 14.1. The zero-order valence-electron chi connectivity index (χ0n) is 10.5. The van der Waals surface area contributed by atoms with Crippen molar-refractivity contribution >= 4 is 5.91 Å². The number of pyridine rings is 1. The van der Waals surface area contributed by atoms with Crippen molar-refractivity contribution in [2.45, 2.75) is 32.7 Å². The Hall–Kier alpha value is -1.42. The van der Waals surface area contributed by atoms with Crippen LogP contribution in [0.25, 0.3) is 0 Å². The molecule has 1 heterocycles.